The Kier molecular flexibility index (Phi) is 7.23. The van der Waals surface area contributed by atoms with Gasteiger partial charge >= 0.3 is 0 Å². The third-order valence-corrected chi connectivity index (χ3v) is 7.27. The van der Waals surface area contributed by atoms with E-state index < -0.39 is 0 Å². The maximum absolute atomic E-state index is 12.8. The number of hydrogen-bond donors (Lipinski definition) is 1. The summed E-state index contributed by atoms with van der Waals surface area (Å²) < 4.78 is 4.25. The molecule has 5 aromatic rings. The van der Waals surface area contributed by atoms with Crippen LogP contribution in [-0.2, 0) is 0 Å². The molecule has 0 aliphatic rings. The monoisotopic (exact) mass is 540 g/mol. The Morgan fingerprint density at radius 3 is 2.18 bits per heavy atom. The average molecular weight is 541 g/mol. The predicted molar refractivity (Wildman–Crippen MR) is 156 cm³/mol. The number of carbonyl (C=O) groups is 1. The van der Waals surface area contributed by atoms with E-state index in [0.29, 0.717) is 15.6 Å². The van der Waals surface area contributed by atoms with Crippen molar-refractivity contribution >= 4 is 35.3 Å². The van der Waals surface area contributed by atoms with Crippen LogP contribution in [0.4, 0.5) is 0 Å². The summed E-state index contributed by atoms with van der Waals surface area (Å²) in [5.74, 6) is -0.279. The summed E-state index contributed by atoms with van der Waals surface area (Å²) in [6.07, 6.45) is 1.65. The van der Waals surface area contributed by atoms with Gasteiger partial charge in [0.2, 0.25) is 0 Å². The molecule has 0 saturated heterocycles. The summed E-state index contributed by atoms with van der Waals surface area (Å²) >= 11 is 12.3. The molecule has 0 unspecified atom stereocenters. The number of amides is 1. The van der Waals surface area contributed by atoms with E-state index in [9.17, 15) is 4.79 Å². The molecule has 1 N–H and O–H groups in total. The number of rotatable bonds is 6. The molecule has 3 aromatic carbocycles. The van der Waals surface area contributed by atoms with Crippen molar-refractivity contribution < 1.29 is 4.79 Å². The Hall–Kier alpha value is -4.06. The summed E-state index contributed by atoms with van der Waals surface area (Å²) in [6.45, 7) is 6.06. The van der Waals surface area contributed by atoms with E-state index in [0.717, 1.165) is 45.3 Å². The number of nitrogens with zero attached hydrogens (tertiary/aromatic N) is 3. The van der Waals surface area contributed by atoms with Crippen LogP contribution in [0.5, 0.6) is 0 Å². The van der Waals surface area contributed by atoms with Crippen molar-refractivity contribution in [3.8, 4) is 22.6 Å². The molecule has 7 heteroatoms. The minimum atomic E-state index is -0.279. The van der Waals surface area contributed by atoms with Crippen LogP contribution in [0.1, 0.15) is 33.0 Å². The van der Waals surface area contributed by atoms with Crippen molar-refractivity contribution in [2.45, 2.75) is 20.8 Å². The summed E-state index contributed by atoms with van der Waals surface area (Å²) in [7, 11) is 0. The third kappa shape index (κ3) is 5.03. The molecule has 0 aliphatic carbocycles. The zero-order valence-electron chi connectivity index (χ0n) is 21.2. The summed E-state index contributed by atoms with van der Waals surface area (Å²) in [5.41, 5.74) is 11.3. The van der Waals surface area contributed by atoms with Crippen LogP contribution in [0, 0.1) is 20.8 Å². The van der Waals surface area contributed by atoms with E-state index in [1.54, 1.807) is 12.3 Å². The van der Waals surface area contributed by atoms with Crippen molar-refractivity contribution in [3.05, 3.63) is 129 Å². The minimum absolute atomic E-state index is 0.279. The molecule has 5 nitrogen and oxygen atoms in total. The van der Waals surface area contributed by atoms with Gasteiger partial charge in [-0.15, -0.1) is 0 Å². The van der Waals surface area contributed by atoms with Crippen LogP contribution in [0.3, 0.4) is 0 Å². The standard InChI is InChI=1S/C31H26Cl2N4O/c1-20-9-16-30(23-7-5-4-6-8-23)37(20)26-12-10-24(11-13-26)31(38)35-34-19-25-17-21(2)36(22(25)3)27-14-15-28(32)29(33)18-27/h4-19H,1-3H3,(H,35,38)/b34-19-. The van der Waals surface area contributed by atoms with Crippen LogP contribution >= 0.6 is 23.2 Å². The molecule has 0 spiro atoms. The lowest BCUT2D eigenvalue weighted by Gasteiger charge is -2.12. The van der Waals surface area contributed by atoms with Gasteiger partial charge in [-0.3, -0.25) is 4.79 Å². The fraction of sp³-hybridized carbons (Fsp3) is 0.0968. The number of benzene rings is 3. The summed E-state index contributed by atoms with van der Waals surface area (Å²) in [5, 5.41) is 5.21. The number of carbonyl (C=O) groups excluding carboxylic acids is 1. The van der Waals surface area contributed by atoms with Crippen LogP contribution in [-0.4, -0.2) is 21.3 Å². The molecule has 0 fully saturated rings. The first kappa shape index (κ1) is 25.6. The van der Waals surface area contributed by atoms with Crippen LogP contribution < -0.4 is 5.43 Å². The highest BCUT2D eigenvalue weighted by atomic mass is 35.5. The van der Waals surface area contributed by atoms with Gasteiger partial charge in [-0.25, -0.2) is 5.43 Å². The molecule has 0 bridgehead atoms. The zero-order chi connectivity index (χ0) is 26.8. The zero-order valence-corrected chi connectivity index (χ0v) is 22.8. The van der Waals surface area contributed by atoms with E-state index in [2.05, 4.69) is 50.9 Å². The molecule has 0 saturated carbocycles. The normalized spacial score (nSPS) is 11.3. The highest BCUT2D eigenvalue weighted by molar-refractivity contribution is 6.42. The van der Waals surface area contributed by atoms with E-state index in [1.165, 1.54) is 0 Å². The molecule has 0 radical (unpaired) electrons. The fourth-order valence-corrected chi connectivity index (χ4v) is 4.93. The second-order valence-electron chi connectivity index (χ2n) is 9.07. The van der Waals surface area contributed by atoms with E-state index >= 15 is 0 Å². The number of hydrazone groups is 1. The first-order valence-electron chi connectivity index (χ1n) is 12.2. The van der Waals surface area contributed by atoms with Crippen LogP contribution in [0.25, 0.3) is 22.6 Å². The van der Waals surface area contributed by atoms with Crippen molar-refractivity contribution in [2.75, 3.05) is 0 Å². The van der Waals surface area contributed by atoms with Crippen molar-refractivity contribution in [3.63, 3.8) is 0 Å². The largest absolute Gasteiger partial charge is 0.318 e. The second-order valence-corrected chi connectivity index (χ2v) is 9.88. The number of halogens is 2. The van der Waals surface area contributed by atoms with Gasteiger partial charge in [-0.1, -0.05) is 53.5 Å². The van der Waals surface area contributed by atoms with Crippen LogP contribution in [0.2, 0.25) is 10.0 Å². The van der Waals surface area contributed by atoms with Gasteiger partial charge in [0.1, 0.15) is 0 Å². The Morgan fingerprint density at radius 1 is 0.763 bits per heavy atom. The van der Waals surface area contributed by atoms with Crippen molar-refractivity contribution in [1.82, 2.24) is 14.6 Å². The van der Waals surface area contributed by atoms with Gasteiger partial charge in [0.15, 0.2) is 0 Å². The Balaban J connectivity index is 1.31. The van der Waals surface area contributed by atoms with Crippen molar-refractivity contribution in [2.24, 2.45) is 5.10 Å². The number of aromatic nitrogens is 2. The molecular formula is C31H26Cl2N4O. The molecule has 5 rings (SSSR count). The van der Waals surface area contributed by atoms with Crippen LogP contribution in [0.15, 0.2) is 96.1 Å². The number of nitrogens with one attached hydrogen (secondary N) is 1. The quantitative estimate of drug-likeness (QED) is 0.172. The van der Waals surface area contributed by atoms with Gasteiger partial charge < -0.3 is 9.13 Å². The van der Waals surface area contributed by atoms with Gasteiger partial charge in [0.25, 0.3) is 5.91 Å². The molecule has 1 amide bonds. The molecular weight excluding hydrogens is 515 g/mol. The van der Waals surface area contributed by atoms with Gasteiger partial charge in [0.05, 0.1) is 22.0 Å². The smallest absolute Gasteiger partial charge is 0.271 e. The molecule has 0 atom stereocenters. The Labute approximate surface area is 232 Å². The number of aryl methyl sites for hydroxylation is 2. The summed E-state index contributed by atoms with van der Waals surface area (Å²) in [6, 6.07) is 29.5. The van der Waals surface area contributed by atoms with Gasteiger partial charge in [-0.05, 0) is 87.0 Å². The molecule has 190 valence electrons. The SMILES string of the molecule is Cc1ccc(-c2ccccc2)n1-c1ccc(C(=O)N/N=C\c2cc(C)n(-c3ccc(Cl)c(Cl)c3)c2C)cc1. The summed E-state index contributed by atoms with van der Waals surface area (Å²) in [4.78, 5) is 12.8. The second kappa shape index (κ2) is 10.7. The molecule has 2 heterocycles. The molecule has 38 heavy (non-hydrogen) atoms. The Bertz CT molecular complexity index is 1650. The van der Waals surface area contributed by atoms with Crippen molar-refractivity contribution in [1.29, 1.82) is 0 Å². The Morgan fingerprint density at radius 2 is 1.47 bits per heavy atom. The first-order chi connectivity index (χ1) is 18.3. The topological polar surface area (TPSA) is 51.3 Å². The lowest BCUT2D eigenvalue weighted by Crippen LogP contribution is -2.17. The fourth-order valence-electron chi connectivity index (χ4n) is 4.64. The molecule has 2 aromatic heterocycles. The van der Waals surface area contributed by atoms with Gasteiger partial charge in [-0.2, -0.15) is 5.10 Å². The maximum atomic E-state index is 12.8. The lowest BCUT2D eigenvalue weighted by molar-refractivity contribution is 0.0955. The van der Waals surface area contributed by atoms with E-state index in [4.69, 9.17) is 23.2 Å². The lowest BCUT2D eigenvalue weighted by atomic mass is 10.1. The first-order valence-corrected chi connectivity index (χ1v) is 12.9. The maximum Gasteiger partial charge on any atom is 0.271 e. The van der Waals surface area contributed by atoms with E-state index in [-0.39, 0.29) is 5.91 Å². The highest BCUT2D eigenvalue weighted by Crippen LogP contribution is 2.28. The predicted octanol–water partition coefficient (Wildman–Crippen LogP) is 7.93. The molecule has 0 aliphatic heterocycles. The van der Waals surface area contributed by atoms with Gasteiger partial charge in [0, 0.05) is 39.6 Å². The number of hydrogen-bond acceptors (Lipinski definition) is 2. The average Bonchev–Trinajstić information content (AvgIpc) is 3.44. The van der Waals surface area contributed by atoms with E-state index in [1.807, 2.05) is 74.5 Å². The minimum Gasteiger partial charge on any atom is -0.318 e. The third-order valence-electron chi connectivity index (χ3n) is 6.53. The highest BCUT2D eigenvalue weighted by Gasteiger charge is 2.13.